The summed E-state index contributed by atoms with van der Waals surface area (Å²) in [5.41, 5.74) is 0.180. The zero-order valence-electron chi connectivity index (χ0n) is 17.0. The second kappa shape index (κ2) is 10.8. The highest BCUT2D eigenvalue weighted by Crippen LogP contribution is 2.18. The van der Waals surface area contributed by atoms with E-state index in [0.717, 1.165) is 5.75 Å². The molecule has 0 aromatic heterocycles. The number of benzene rings is 2. The lowest BCUT2D eigenvalue weighted by atomic mass is 10.2. The Balaban J connectivity index is 1.91. The van der Waals surface area contributed by atoms with Crippen LogP contribution in [0.3, 0.4) is 0 Å². The number of hydrogen-bond donors (Lipinski definition) is 0. The lowest BCUT2D eigenvalue weighted by Gasteiger charge is -2.18. The Labute approximate surface area is 172 Å². The molecular formula is C21H27NO6S. The van der Waals surface area contributed by atoms with Crippen LogP contribution in [-0.2, 0) is 14.8 Å². The van der Waals surface area contributed by atoms with Crippen LogP contribution in [-0.4, -0.2) is 51.6 Å². The lowest BCUT2D eigenvalue weighted by Crippen LogP contribution is -2.30. The smallest absolute Gasteiger partial charge is 0.338 e. The maximum atomic E-state index is 12.6. The normalized spacial score (nSPS) is 11.3. The fourth-order valence-electron chi connectivity index (χ4n) is 2.67. The molecule has 0 N–H and O–H groups in total. The molecule has 0 unspecified atom stereocenters. The standard InChI is InChI=1S/C21H27NO6S/c1-4-22(5-2)29(24,25)20-9-7-8-17(16-20)21(23)28-15-14-27-19-12-10-18(11-13-19)26-6-3/h7-13,16H,4-6,14-15H2,1-3H3. The average Bonchev–Trinajstić information content (AvgIpc) is 2.73. The first-order valence-electron chi connectivity index (χ1n) is 9.55. The van der Waals surface area contributed by atoms with Crippen LogP contribution in [0.15, 0.2) is 53.4 Å². The van der Waals surface area contributed by atoms with E-state index in [1.54, 1.807) is 38.1 Å². The zero-order valence-corrected chi connectivity index (χ0v) is 17.8. The molecule has 0 saturated heterocycles. The second-order valence-electron chi connectivity index (χ2n) is 6.01. The van der Waals surface area contributed by atoms with E-state index in [2.05, 4.69) is 0 Å². The predicted molar refractivity (Wildman–Crippen MR) is 110 cm³/mol. The quantitative estimate of drug-likeness (QED) is 0.409. The van der Waals surface area contributed by atoms with Gasteiger partial charge in [0.15, 0.2) is 0 Å². The third-order valence-corrected chi connectivity index (χ3v) is 6.18. The van der Waals surface area contributed by atoms with Crippen LogP contribution in [0.2, 0.25) is 0 Å². The van der Waals surface area contributed by atoms with Crippen LogP contribution < -0.4 is 9.47 Å². The van der Waals surface area contributed by atoms with Gasteiger partial charge in [0.2, 0.25) is 10.0 Å². The average molecular weight is 422 g/mol. The van der Waals surface area contributed by atoms with Crippen LogP contribution in [0.1, 0.15) is 31.1 Å². The van der Waals surface area contributed by atoms with Crippen molar-refractivity contribution in [1.82, 2.24) is 4.31 Å². The molecule has 7 nitrogen and oxygen atoms in total. The van der Waals surface area contributed by atoms with E-state index in [9.17, 15) is 13.2 Å². The summed E-state index contributed by atoms with van der Waals surface area (Å²) < 4.78 is 42.6. The Morgan fingerprint density at radius 3 is 2.10 bits per heavy atom. The van der Waals surface area contributed by atoms with Crippen molar-refractivity contribution in [2.45, 2.75) is 25.7 Å². The Hall–Kier alpha value is -2.58. The topological polar surface area (TPSA) is 82.1 Å². The number of sulfonamides is 1. The maximum absolute atomic E-state index is 12.6. The van der Waals surface area contributed by atoms with Gasteiger partial charge in [0.05, 0.1) is 17.1 Å². The van der Waals surface area contributed by atoms with Gasteiger partial charge in [-0.2, -0.15) is 4.31 Å². The van der Waals surface area contributed by atoms with Crippen LogP contribution in [0.5, 0.6) is 11.5 Å². The summed E-state index contributed by atoms with van der Waals surface area (Å²) in [6.45, 7) is 6.97. The van der Waals surface area contributed by atoms with Crippen LogP contribution in [0.4, 0.5) is 0 Å². The summed E-state index contributed by atoms with van der Waals surface area (Å²) in [5.74, 6) is 0.791. The maximum Gasteiger partial charge on any atom is 0.338 e. The second-order valence-corrected chi connectivity index (χ2v) is 7.94. The molecule has 2 aromatic carbocycles. The van der Waals surface area contributed by atoms with Crippen molar-refractivity contribution in [3.63, 3.8) is 0 Å². The molecular weight excluding hydrogens is 394 g/mol. The van der Waals surface area contributed by atoms with Crippen molar-refractivity contribution in [3.05, 3.63) is 54.1 Å². The molecule has 0 spiro atoms. The van der Waals surface area contributed by atoms with Crippen molar-refractivity contribution < 1.29 is 27.4 Å². The van der Waals surface area contributed by atoms with Crippen LogP contribution in [0, 0.1) is 0 Å². The van der Waals surface area contributed by atoms with E-state index in [1.165, 1.54) is 28.6 Å². The highest BCUT2D eigenvalue weighted by atomic mass is 32.2. The fraction of sp³-hybridized carbons (Fsp3) is 0.381. The first-order chi connectivity index (χ1) is 13.9. The molecule has 0 radical (unpaired) electrons. The van der Waals surface area contributed by atoms with E-state index >= 15 is 0 Å². The van der Waals surface area contributed by atoms with E-state index in [4.69, 9.17) is 14.2 Å². The Bertz CT molecular complexity index is 892. The molecule has 158 valence electrons. The van der Waals surface area contributed by atoms with E-state index in [1.807, 2.05) is 6.92 Å². The van der Waals surface area contributed by atoms with Gasteiger partial charge in [-0.25, -0.2) is 13.2 Å². The number of rotatable bonds is 11. The summed E-state index contributed by atoms with van der Waals surface area (Å²) in [5, 5.41) is 0. The summed E-state index contributed by atoms with van der Waals surface area (Å²) in [7, 11) is -3.64. The molecule has 0 heterocycles. The minimum atomic E-state index is -3.64. The minimum absolute atomic E-state index is 0.0407. The molecule has 0 fully saturated rings. The molecule has 2 rings (SSSR count). The molecule has 2 aromatic rings. The van der Waals surface area contributed by atoms with Crippen LogP contribution in [0.25, 0.3) is 0 Å². The van der Waals surface area contributed by atoms with Gasteiger partial charge in [0.1, 0.15) is 24.7 Å². The molecule has 0 aliphatic heterocycles. The third-order valence-electron chi connectivity index (χ3n) is 4.13. The Morgan fingerprint density at radius 2 is 1.52 bits per heavy atom. The molecule has 8 heteroatoms. The molecule has 0 saturated carbocycles. The van der Waals surface area contributed by atoms with E-state index < -0.39 is 16.0 Å². The molecule has 29 heavy (non-hydrogen) atoms. The van der Waals surface area contributed by atoms with Crippen molar-refractivity contribution in [1.29, 1.82) is 0 Å². The Kier molecular flexibility index (Phi) is 8.48. The predicted octanol–water partition coefficient (Wildman–Crippen LogP) is 3.35. The molecule has 0 bridgehead atoms. The minimum Gasteiger partial charge on any atom is -0.494 e. The van der Waals surface area contributed by atoms with Gasteiger partial charge in [-0.1, -0.05) is 19.9 Å². The fourth-order valence-corrected chi connectivity index (χ4v) is 4.18. The van der Waals surface area contributed by atoms with Crippen molar-refractivity contribution in [3.8, 4) is 11.5 Å². The van der Waals surface area contributed by atoms with Gasteiger partial charge in [0, 0.05) is 13.1 Å². The first-order valence-corrected chi connectivity index (χ1v) is 11.0. The first kappa shape index (κ1) is 22.7. The third kappa shape index (κ3) is 6.20. The largest absolute Gasteiger partial charge is 0.494 e. The van der Waals surface area contributed by atoms with Gasteiger partial charge in [0.25, 0.3) is 0 Å². The van der Waals surface area contributed by atoms with Gasteiger partial charge in [-0.05, 0) is 49.4 Å². The summed E-state index contributed by atoms with van der Waals surface area (Å²) >= 11 is 0. The Morgan fingerprint density at radius 1 is 0.897 bits per heavy atom. The monoisotopic (exact) mass is 421 g/mol. The van der Waals surface area contributed by atoms with Crippen molar-refractivity contribution in [2.75, 3.05) is 32.9 Å². The molecule has 0 aliphatic carbocycles. The van der Waals surface area contributed by atoms with E-state index in [0.29, 0.717) is 25.4 Å². The number of ether oxygens (including phenoxy) is 3. The van der Waals surface area contributed by atoms with Crippen molar-refractivity contribution >= 4 is 16.0 Å². The molecule has 0 atom stereocenters. The lowest BCUT2D eigenvalue weighted by molar-refractivity contribution is 0.0450. The van der Waals surface area contributed by atoms with Gasteiger partial charge in [-0.15, -0.1) is 0 Å². The zero-order chi connectivity index (χ0) is 21.3. The van der Waals surface area contributed by atoms with E-state index in [-0.39, 0.29) is 23.7 Å². The highest BCUT2D eigenvalue weighted by Gasteiger charge is 2.22. The number of nitrogens with zero attached hydrogens (tertiary/aromatic N) is 1. The molecule has 0 aliphatic rings. The summed E-state index contributed by atoms with van der Waals surface area (Å²) in [6, 6.07) is 13.0. The highest BCUT2D eigenvalue weighted by molar-refractivity contribution is 7.89. The number of carbonyl (C=O) groups excluding carboxylic acids is 1. The van der Waals surface area contributed by atoms with Gasteiger partial charge >= 0.3 is 5.97 Å². The van der Waals surface area contributed by atoms with Gasteiger partial charge in [-0.3, -0.25) is 0 Å². The van der Waals surface area contributed by atoms with Gasteiger partial charge < -0.3 is 14.2 Å². The van der Waals surface area contributed by atoms with Crippen LogP contribution >= 0.6 is 0 Å². The number of carbonyl (C=O) groups is 1. The summed E-state index contributed by atoms with van der Waals surface area (Å²) in [4.78, 5) is 12.3. The van der Waals surface area contributed by atoms with Crippen molar-refractivity contribution in [2.24, 2.45) is 0 Å². The molecule has 0 amide bonds. The number of hydrogen-bond acceptors (Lipinski definition) is 6. The number of esters is 1. The summed E-state index contributed by atoms with van der Waals surface area (Å²) in [6.07, 6.45) is 0. The SMILES string of the molecule is CCOc1ccc(OCCOC(=O)c2cccc(S(=O)(=O)N(CC)CC)c2)cc1.